The lowest BCUT2D eigenvalue weighted by atomic mass is 9.85. The molecular weight excluding hydrogens is 276 g/mol. The van der Waals surface area contributed by atoms with Gasteiger partial charge in [0.05, 0.1) is 17.5 Å². The number of fused-ring (bicyclic) bond motifs is 2. The molecule has 0 N–H and O–H groups in total. The third kappa shape index (κ3) is 2.02. The van der Waals surface area contributed by atoms with Crippen LogP contribution < -0.4 is 0 Å². The maximum atomic E-state index is 12.9. The highest BCUT2D eigenvalue weighted by atomic mass is 16.5. The molecule has 4 nitrogen and oxygen atoms in total. The normalized spacial score (nSPS) is 20.6. The zero-order chi connectivity index (χ0) is 15.1. The molecular formula is C18H20N2O2. The second-order valence-corrected chi connectivity index (χ2v) is 6.08. The molecule has 0 bridgehead atoms. The monoisotopic (exact) mass is 296 g/mol. The average molecular weight is 296 g/mol. The molecule has 1 aromatic carbocycles. The summed E-state index contributed by atoms with van der Waals surface area (Å²) in [5, 5.41) is 4.48. The summed E-state index contributed by atoms with van der Waals surface area (Å²) in [5.74, 6) is 0.121. The fourth-order valence-corrected chi connectivity index (χ4v) is 3.62. The molecule has 4 heteroatoms. The van der Waals surface area contributed by atoms with Crippen LogP contribution in [0.2, 0.25) is 0 Å². The minimum absolute atomic E-state index is 0.0128. The van der Waals surface area contributed by atoms with Crippen LogP contribution in [-0.2, 0) is 17.6 Å². The third-order valence-electron chi connectivity index (χ3n) is 4.77. The van der Waals surface area contributed by atoms with Gasteiger partial charge in [-0.1, -0.05) is 25.1 Å². The van der Waals surface area contributed by atoms with Crippen molar-refractivity contribution in [2.45, 2.75) is 45.3 Å². The molecule has 2 aliphatic rings. The van der Waals surface area contributed by atoms with E-state index in [1.165, 1.54) is 0 Å². The SMILES string of the molecule is CCc1cccc2c1C(=O)c1cnn(C3CCCCO3)c1C2. The maximum absolute atomic E-state index is 12.9. The van der Waals surface area contributed by atoms with Gasteiger partial charge >= 0.3 is 0 Å². The van der Waals surface area contributed by atoms with Gasteiger partial charge in [0, 0.05) is 18.6 Å². The highest BCUT2D eigenvalue weighted by Gasteiger charge is 2.31. The number of aryl methyl sites for hydroxylation is 1. The summed E-state index contributed by atoms with van der Waals surface area (Å²) in [6, 6.07) is 6.17. The number of ketones is 1. The number of carbonyl (C=O) groups is 1. The summed E-state index contributed by atoms with van der Waals surface area (Å²) in [5.41, 5.74) is 4.91. The Balaban J connectivity index is 1.77. The van der Waals surface area contributed by atoms with Crippen LogP contribution in [0.4, 0.5) is 0 Å². The number of hydrogen-bond acceptors (Lipinski definition) is 3. The minimum Gasteiger partial charge on any atom is -0.357 e. The zero-order valence-electron chi connectivity index (χ0n) is 12.8. The van der Waals surface area contributed by atoms with Crippen molar-refractivity contribution in [3.8, 4) is 0 Å². The Morgan fingerprint density at radius 2 is 2.27 bits per heavy atom. The van der Waals surface area contributed by atoms with Crippen molar-refractivity contribution in [1.29, 1.82) is 0 Å². The van der Waals surface area contributed by atoms with E-state index in [-0.39, 0.29) is 12.0 Å². The number of rotatable bonds is 2. The lowest BCUT2D eigenvalue weighted by molar-refractivity contribution is -0.0409. The molecule has 1 unspecified atom stereocenters. The molecule has 1 aliphatic heterocycles. The van der Waals surface area contributed by atoms with Crippen molar-refractivity contribution in [3.63, 3.8) is 0 Å². The summed E-state index contributed by atoms with van der Waals surface area (Å²) in [4.78, 5) is 12.9. The number of ether oxygens (including phenoxy) is 1. The first-order valence-corrected chi connectivity index (χ1v) is 8.13. The Morgan fingerprint density at radius 1 is 1.36 bits per heavy atom. The van der Waals surface area contributed by atoms with Gasteiger partial charge in [0.15, 0.2) is 5.78 Å². The van der Waals surface area contributed by atoms with Gasteiger partial charge in [-0.25, -0.2) is 4.68 Å². The Labute approximate surface area is 130 Å². The van der Waals surface area contributed by atoms with Crippen LogP contribution in [0.5, 0.6) is 0 Å². The minimum atomic E-state index is -0.0128. The zero-order valence-corrected chi connectivity index (χ0v) is 12.8. The molecule has 0 amide bonds. The van der Waals surface area contributed by atoms with Crippen LogP contribution in [0.15, 0.2) is 24.4 Å². The first kappa shape index (κ1) is 13.7. The number of benzene rings is 1. The number of carbonyl (C=O) groups excluding carboxylic acids is 1. The lowest BCUT2D eigenvalue weighted by Gasteiger charge is -2.26. The average Bonchev–Trinajstić information content (AvgIpc) is 2.99. The van der Waals surface area contributed by atoms with Gasteiger partial charge in [-0.2, -0.15) is 5.10 Å². The van der Waals surface area contributed by atoms with E-state index in [9.17, 15) is 4.79 Å². The van der Waals surface area contributed by atoms with Crippen LogP contribution in [-0.4, -0.2) is 22.2 Å². The predicted octanol–water partition coefficient (Wildman–Crippen LogP) is 3.28. The smallest absolute Gasteiger partial charge is 0.197 e. The van der Waals surface area contributed by atoms with E-state index < -0.39 is 0 Å². The number of aromatic nitrogens is 2. The van der Waals surface area contributed by atoms with Gasteiger partial charge < -0.3 is 4.74 Å². The van der Waals surface area contributed by atoms with E-state index in [2.05, 4.69) is 24.2 Å². The first-order chi connectivity index (χ1) is 10.8. The van der Waals surface area contributed by atoms with Gasteiger partial charge in [0.2, 0.25) is 0 Å². The maximum Gasteiger partial charge on any atom is 0.197 e. The Kier molecular flexibility index (Phi) is 3.34. The molecule has 0 spiro atoms. The van der Waals surface area contributed by atoms with Crippen molar-refractivity contribution in [2.24, 2.45) is 0 Å². The summed E-state index contributed by atoms with van der Waals surface area (Å²) < 4.78 is 7.78. The lowest BCUT2D eigenvalue weighted by Crippen LogP contribution is -2.24. The summed E-state index contributed by atoms with van der Waals surface area (Å²) in [7, 11) is 0. The van der Waals surface area contributed by atoms with E-state index in [4.69, 9.17) is 4.74 Å². The quantitative estimate of drug-likeness (QED) is 0.729. The molecule has 1 saturated heterocycles. The van der Waals surface area contributed by atoms with Crippen molar-refractivity contribution in [3.05, 3.63) is 52.3 Å². The van der Waals surface area contributed by atoms with Crippen LogP contribution in [0.3, 0.4) is 0 Å². The van der Waals surface area contributed by atoms with Crippen molar-refractivity contribution >= 4 is 5.78 Å². The van der Waals surface area contributed by atoms with Crippen molar-refractivity contribution in [2.75, 3.05) is 6.61 Å². The molecule has 22 heavy (non-hydrogen) atoms. The number of nitrogens with zero attached hydrogens (tertiary/aromatic N) is 2. The Bertz CT molecular complexity index is 727. The van der Waals surface area contributed by atoms with Gasteiger partial charge in [-0.3, -0.25) is 4.79 Å². The second-order valence-electron chi connectivity index (χ2n) is 6.08. The summed E-state index contributed by atoms with van der Waals surface area (Å²) in [6.45, 7) is 2.88. The van der Waals surface area contributed by atoms with Crippen LogP contribution in [0.1, 0.15) is 65.2 Å². The van der Waals surface area contributed by atoms with E-state index in [1.54, 1.807) is 6.20 Å². The largest absolute Gasteiger partial charge is 0.357 e. The van der Waals surface area contributed by atoms with E-state index in [0.29, 0.717) is 0 Å². The predicted molar refractivity (Wildman–Crippen MR) is 83.1 cm³/mol. The molecule has 0 saturated carbocycles. The number of hydrogen-bond donors (Lipinski definition) is 0. The fourth-order valence-electron chi connectivity index (χ4n) is 3.62. The van der Waals surface area contributed by atoms with Crippen LogP contribution in [0.25, 0.3) is 0 Å². The second kappa shape index (κ2) is 5.36. The van der Waals surface area contributed by atoms with Gasteiger partial charge in [-0.05, 0) is 36.8 Å². The molecule has 2 heterocycles. The molecule has 1 aromatic heterocycles. The van der Waals surface area contributed by atoms with Gasteiger partial charge in [0.25, 0.3) is 0 Å². The van der Waals surface area contributed by atoms with E-state index >= 15 is 0 Å². The summed E-state index contributed by atoms with van der Waals surface area (Å²) in [6.07, 6.45) is 6.61. The highest BCUT2D eigenvalue weighted by Crippen LogP contribution is 2.32. The molecule has 114 valence electrons. The molecule has 0 radical (unpaired) electrons. The molecule has 1 fully saturated rings. The summed E-state index contributed by atoms with van der Waals surface area (Å²) >= 11 is 0. The highest BCUT2D eigenvalue weighted by molar-refractivity contribution is 6.12. The Hall–Kier alpha value is -1.94. The van der Waals surface area contributed by atoms with Gasteiger partial charge in [0.1, 0.15) is 6.23 Å². The van der Waals surface area contributed by atoms with Crippen molar-refractivity contribution in [1.82, 2.24) is 9.78 Å². The Morgan fingerprint density at radius 3 is 3.05 bits per heavy atom. The third-order valence-corrected chi connectivity index (χ3v) is 4.77. The first-order valence-electron chi connectivity index (χ1n) is 8.13. The molecule has 4 rings (SSSR count). The van der Waals surface area contributed by atoms with Crippen LogP contribution >= 0.6 is 0 Å². The molecule has 2 aromatic rings. The molecule has 1 aliphatic carbocycles. The van der Waals surface area contributed by atoms with E-state index in [1.807, 2.05) is 10.7 Å². The molecule has 1 atom stereocenters. The van der Waals surface area contributed by atoms with Crippen molar-refractivity contribution < 1.29 is 9.53 Å². The van der Waals surface area contributed by atoms with Gasteiger partial charge in [-0.15, -0.1) is 0 Å². The fraction of sp³-hybridized carbons (Fsp3) is 0.444. The van der Waals surface area contributed by atoms with E-state index in [0.717, 1.165) is 66.7 Å². The van der Waals surface area contributed by atoms with Crippen LogP contribution in [0, 0.1) is 0 Å². The topological polar surface area (TPSA) is 44.1 Å². The standard InChI is InChI=1S/C18H20N2O2/c1-2-12-6-5-7-13-10-15-14(18(21)17(12)13)11-19-20(15)16-8-3-4-9-22-16/h5-7,11,16H,2-4,8-10H2,1H3.